The Morgan fingerprint density at radius 1 is 1.30 bits per heavy atom. The quantitative estimate of drug-likeness (QED) is 0.860. The molecule has 0 bridgehead atoms. The number of ether oxygens (including phenoxy) is 1. The van der Waals surface area contributed by atoms with Crippen LogP contribution in [-0.2, 0) is 14.3 Å². The van der Waals surface area contributed by atoms with Gasteiger partial charge in [-0.25, -0.2) is 4.79 Å². The van der Waals surface area contributed by atoms with E-state index in [4.69, 9.17) is 0 Å². The van der Waals surface area contributed by atoms with Crippen LogP contribution in [0.4, 0.5) is 5.69 Å². The molecule has 122 valence electrons. The Kier molecular flexibility index (Phi) is 4.32. The summed E-state index contributed by atoms with van der Waals surface area (Å²) in [6.45, 7) is 0.492. The number of amides is 2. The molecule has 2 fully saturated rings. The molecule has 1 aliphatic heterocycles. The molecule has 1 aliphatic carbocycles. The van der Waals surface area contributed by atoms with Gasteiger partial charge in [-0.2, -0.15) is 0 Å². The van der Waals surface area contributed by atoms with E-state index in [0.29, 0.717) is 23.8 Å². The monoisotopic (exact) mass is 316 g/mol. The molecule has 1 heterocycles. The fourth-order valence-electron chi connectivity index (χ4n) is 3.04. The molecular weight excluding hydrogens is 296 g/mol. The van der Waals surface area contributed by atoms with Crippen LogP contribution >= 0.6 is 0 Å². The molecule has 0 spiro atoms. The van der Waals surface area contributed by atoms with E-state index in [0.717, 1.165) is 19.3 Å². The van der Waals surface area contributed by atoms with E-state index in [-0.39, 0.29) is 24.2 Å². The van der Waals surface area contributed by atoms with Gasteiger partial charge in [0.25, 0.3) is 0 Å². The number of rotatable bonds is 4. The average molecular weight is 316 g/mol. The lowest BCUT2D eigenvalue weighted by Crippen LogP contribution is -2.41. The summed E-state index contributed by atoms with van der Waals surface area (Å²) in [5.74, 6) is -0.890. The van der Waals surface area contributed by atoms with E-state index >= 15 is 0 Å². The van der Waals surface area contributed by atoms with Gasteiger partial charge in [-0.05, 0) is 37.5 Å². The Bertz CT molecular complexity index is 639. The summed E-state index contributed by atoms with van der Waals surface area (Å²) in [6.07, 6.45) is 3.51. The minimum absolute atomic E-state index is 0.0677. The van der Waals surface area contributed by atoms with Gasteiger partial charge in [0.05, 0.1) is 18.6 Å². The van der Waals surface area contributed by atoms with Gasteiger partial charge in [0.1, 0.15) is 0 Å². The maximum absolute atomic E-state index is 12.4. The van der Waals surface area contributed by atoms with Crippen molar-refractivity contribution in [1.82, 2.24) is 4.90 Å². The van der Waals surface area contributed by atoms with E-state index < -0.39 is 5.97 Å². The number of hydrogen-bond acceptors (Lipinski definition) is 4. The van der Waals surface area contributed by atoms with E-state index in [2.05, 4.69) is 10.1 Å². The van der Waals surface area contributed by atoms with Crippen molar-refractivity contribution >= 4 is 23.5 Å². The van der Waals surface area contributed by atoms with Gasteiger partial charge in [-0.1, -0.05) is 6.07 Å². The number of methoxy groups -OCH3 is 1. The van der Waals surface area contributed by atoms with Gasteiger partial charge in [-0.3, -0.25) is 9.59 Å². The zero-order valence-electron chi connectivity index (χ0n) is 13.1. The summed E-state index contributed by atoms with van der Waals surface area (Å²) < 4.78 is 4.67. The number of esters is 1. The first-order valence-electron chi connectivity index (χ1n) is 7.87. The van der Waals surface area contributed by atoms with Crippen molar-refractivity contribution in [1.29, 1.82) is 0 Å². The predicted molar refractivity (Wildman–Crippen MR) is 83.9 cm³/mol. The highest BCUT2D eigenvalue weighted by atomic mass is 16.5. The molecule has 2 amide bonds. The van der Waals surface area contributed by atoms with Crippen LogP contribution in [0.3, 0.4) is 0 Å². The number of nitrogens with one attached hydrogen (secondary N) is 1. The Morgan fingerprint density at radius 2 is 2.09 bits per heavy atom. The van der Waals surface area contributed by atoms with Crippen LogP contribution in [0.15, 0.2) is 24.3 Å². The molecule has 1 aromatic carbocycles. The summed E-state index contributed by atoms with van der Waals surface area (Å²) in [7, 11) is 1.31. The highest BCUT2D eigenvalue weighted by Crippen LogP contribution is 2.31. The van der Waals surface area contributed by atoms with Crippen LogP contribution in [0.1, 0.15) is 36.0 Å². The minimum atomic E-state index is -0.451. The van der Waals surface area contributed by atoms with Gasteiger partial charge >= 0.3 is 5.97 Å². The molecule has 1 N–H and O–H groups in total. The molecule has 1 aromatic rings. The van der Waals surface area contributed by atoms with Crippen molar-refractivity contribution in [2.45, 2.75) is 31.7 Å². The average Bonchev–Trinajstić information content (AvgIpc) is 2.87. The smallest absolute Gasteiger partial charge is 0.337 e. The molecule has 23 heavy (non-hydrogen) atoms. The van der Waals surface area contributed by atoms with E-state index in [1.165, 1.54) is 7.11 Å². The van der Waals surface area contributed by atoms with Crippen LogP contribution in [0.25, 0.3) is 0 Å². The van der Waals surface area contributed by atoms with Crippen molar-refractivity contribution < 1.29 is 19.1 Å². The summed E-state index contributed by atoms with van der Waals surface area (Å²) in [5, 5.41) is 2.79. The molecule has 1 atom stereocenters. The van der Waals surface area contributed by atoms with Gasteiger partial charge in [0, 0.05) is 24.7 Å². The number of carbonyl (C=O) groups is 3. The van der Waals surface area contributed by atoms with Crippen molar-refractivity contribution in [2.75, 3.05) is 19.0 Å². The Hall–Kier alpha value is -2.37. The molecule has 0 aromatic heterocycles. The third-order valence-corrected chi connectivity index (χ3v) is 4.60. The van der Waals surface area contributed by atoms with Crippen molar-refractivity contribution in [3.05, 3.63) is 29.8 Å². The second-order valence-electron chi connectivity index (χ2n) is 6.09. The summed E-state index contributed by atoms with van der Waals surface area (Å²) >= 11 is 0. The van der Waals surface area contributed by atoms with Crippen molar-refractivity contribution in [3.8, 4) is 0 Å². The first-order valence-corrected chi connectivity index (χ1v) is 7.87. The molecule has 1 saturated carbocycles. The number of carbonyl (C=O) groups excluding carboxylic acids is 3. The Labute approximate surface area is 134 Å². The third-order valence-electron chi connectivity index (χ3n) is 4.60. The number of nitrogens with zero attached hydrogens (tertiary/aromatic N) is 1. The third kappa shape index (κ3) is 3.21. The van der Waals surface area contributed by atoms with Gasteiger partial charge in [0.2, 0.25) is 11.8 Å². The Morgan fingerprint density at radius 3 is 2.74 bits per heavy atom. The lowest BCUT2D eigenvalue weighted by Gasteiger charge is -2.34. The predicted octanol–water partition coefficient (Wildman–Crippen LogP) is 1.81. The first-order chi connectivity index (χ1) is 11.1. The molecule has 6 nitrogen and oxygen atoms in total. The van der Waals surface area contributed by atoms with E-state index in [1.807, 2.05) is 4.90 Å². The number of hydrogen-bond donors (Lipinski definition) is 1. The molecule has 3 rings (SSSR count). The van der Waals surface area contributed by atoms with Crippen LogP contribution in [0.5, 0.6) is 0 Å². The molecule has 1 unspecified atom stereocenters. The SMILES string of the molecule is COC(=O)c1cccc(NC(=O)C2CC(=O)N(C3CCC3)C2)c1. The number of anilines is 1. The molecular formula is C17H20N2O4. The largest absolute Gasteiger partial charge is 0.465 e. The van der Waals surface area contributed by atoms with Crippen LogP contribution in [0.2, 0.25) is 0 Å². The maximum Gasteiger partial charge on any atom is 0.337 e. The highest BCUT2D eigenvalue weighted by molar-refractivity contribution is 5.98. The zero-order chi connectivity index (χ0) is 16.4. The van der Waals surface area contributed by atoms with Crippen molar-refractivity contribution in [3.63, 3.8) is 0 Å². The lowest BCUT2D eigenvalue weighted by molar-refractivity contribution is -0.131. The first kappa shape index (κ1) is 15.5. The highest BCUT2D eigenvalue weighted by Gasteiger charge is 2.39. The molecule has 0 radical (unpaired) electrons. The fraction of sp³-hybridized carbons (Fsp3) is 0.471. The van der Waals surface area contributed by atoms with Crippen LogP contribution in [0, 0.1) is 5.92 Å². The van der Waals surface area contributed by atoms with Crippen LogP contribution in [-0.4, -0.2) is 42.4 Å². The molecule has 1 saturated heterocycles. The van der Waals surface area contributed by atoms with E-state index in [1.54, 1.807) is 24.3 Å². The number of benzene rings is 1. The normalized spacial score (nSPS) is 21.0. The van der Waals surface area contributed by atoms with Crippen molar-refractivity contribution in [2.24, 2.45) is 5.92 Å². The fourth-order valence-corrected chi connectivity index (χ4v) is 3.04. The second-order valence-corrected chi connectivity index (χ2v) is 6.09. The number of likely N-dealkylation sites (tertiary alicyclic amines) is 1. The summed E-state index contributed by atoms with van der Waals surface area (Å²) in [6, 6.07) is 6.92. The van der Waals surface area contributed by atoms with Gasteiger partial charge in [-0.15, -0.1) is 0 Å². The van der Waals surface area contributed by atoms with Gasteiger partial charge < -0.3 is 15.0 Å². The maximum atomic E-state index is 12.4. The zero-order valence-corrected chi connectivity index (χ0v) is 13.1. The molecule has 2 aliphatic rings. The Balaban J connectivity index is 1.63. The second kappa shape index (κ2) is 6.40. The summed E-state index contributed by atoms with van der Waals surface area (Å²) in [4.78, 5) is 37.8. The van der Waals surface area contributed by atoms with Gasteiger partial charge in [0.15, 0.2) is 0 Å². The lowest BCUT2D eigenvalue weighted by atomic mass is 9.92. The standard InChI is InChI=1S/C17H20N2O4/c1-23-17(22)11-4-2-5-13(8-11)18-16(21)12-9-15(20)19(10-12)14-6-3-7-14/h2,4-5,8,12,14H,3,6-7,9-10H2,1H3,(H,18,21). The molecule has 6 heteroatoms. The summed E-state index contributed by atoms with van der Waals surface area (Å²) in [5.41, 5.74) is 0.913. The van der Waals surface area contributed by atoms with Crippen LogP contribution < -0.4 is 5.32 Å². The minimum Gasteiger partial charge on any atom is -0.465 e. The topological polar surface area (TPSA) is 75.7 Å². The van der Waals surface area contributed by atoms with E-state index in [9.17, 15) is 14.4 Å².